The van der Waals surface area contributed by atoms with E-state index in [2.05, 4.69) is 19.1 Å². The lowest BCUT2D eigenvalue weighted by atomic mass is 9.77. The maximum absolute atomic E-state index is 15.1. The molecule has 2 aromatic rings. The van der Waals surface area contributed by atoms with E-state index in [1.54, 1.807) is 0 Å². The van der Waals surface area contributed by atoms with E-state index in [1.807, 2.05) is 6.92 Å². The first-order chi connectivity index (χ1) is 17.0. The van der Waals surface area contributed by atoms with Crippen LogP contribution in [-0.2, 0) is 0 Å². The minimum absolute atomic E-state index is 0.0498. The average molecular weight is 491 g/mol. The predicted molar refractivity (Wildman–Crippen MR) is 135 cm³/mol. The Labute approximate surface area is 207 Å². The third-order valence-electron chi connectivity index (χ3n) is 7.22. The minimum atomic E-state index is -1.22. The normalized spacial score (nSPS) is 18.3. The van der Waals surface area contributed by atoms with Gasteiger partial charge in [-0.1, -0.05) is 56.9 Å². The Morgan fingerprint density at radius 3 is 2.14 bits per heavy atom. The van der Waals surface area contributed by atoms with Crippen LogP contribution in [0.3, 0.4) is 0 Å². The van der Waals surface area contributed by atoms with Gasteiger partial charge in [0.05, 0.1) is 6.61 Å². The molecular formula is C30H38F4O. The second-order valence-electron chi connectivity index (χ2n) is 9.70. The molecule has 1 nitrogen and oxygen atoms in total. The van der Waals surface area contributed by atoms with Gasteiger partial charge in [-0.3, -0.25) is 0 Å². The Morgan fingerprint density at radius 1 is 0.800 bits per heavy atom. The average Bonchev–Trinajstić information content (AvgIpc) is 2.86. The van der Waals surface area contributed by atoms with Crippen molar-refractivity contribution in [3.8, 4) is 16.9 Å². The summed E-state index contributed by atoms with van der Waals surface area (Å²) in [6.45, 7) is 4.42. The number of rotatable bonds is 12. The van der Waals surface area contributed by atoms with E-state index in [1.165, 1.54) is 24.3 Å². The Hall–Kier alpha value is -2.30. The molecule has 0 bridgehead atoms. The largest absolute Gasteiger partial charge is 0.490 e. The molecule has 0 atom stereocenters. The van der Waals surface area contributed by atoms with Crippen molar-refractivity contribution >= 4 is 0 Å². The molecule has 0 unspecified atom stereocenters. The van der Waals surface area contributed by atoms with Crippen molar-refractivity contribution in [3.63, 3.8) is 0 Å². The topological polar surface area (TPSA) is 9.23 Å². The van der Waals surface area contributed by atoms with Crippen molar-refractivity contribution in [2.45, 2.75) is 90.4 Å². The van der Waals surface area contributed by atoms with Crippen LogP contribution in [0, 0.1) is 29.2 Å². The molecule has 0 saturated heterocycles. The van der Waals surface area contributed by atoms with Crippen LogP contribution in [0.5, 0.6) is 5.75 Å². The van der Waals surface area contributed by atoms with Gasteiger partial charge < -0.3 is 4.74 Å². The first kappa shape index (κ1) is 27.3. The molecule has 0 amide bonds. The zero-order chi connectivity index (χ0) is 25.2. The molecule has 1 fully saturated rings. The molecule has 0 heterocycles. The highest BCUT2D eigenvalue weighted by molar-refractivity contribution is 5.66. The van der Waals surface area contributed by atoms with Crippen LogP contribution in [0.4, 0.5) is 17.6 Å². The number of hydrogen-bond acceptors (Lipinski definition) is 1. The van der Waals surface area contributed by atoms with Gasteiger partial charge in [-0.15, -0.1) is 0 Å². The van der Waals surface area contributed by atoms with E-state index in [0.29, 0.717) is 11.5 Å². The predicted octanol–water partition coefficient (Wildman–Crippen LogP) is 9.89. The summed E-state index contributed by atoms with van der Waals surface area (Å²) in [6, 6.07) is 5.47. The van der Waals surface area contributed by atoms with E-state index < -0.39 is 23.3 Å². The Balaban J connectivity index is 1.67. The van der Waals surface area contributed by atoms with E-state index in [9.17, 15) is 8.78 Å². The second kappa shape index (κ2) is 13.7. The first-order valence-corrected chi connectivity index (χ1v) is 13.2. The van der Waals surface area contributed by atoms with Gasteiger partial charge >= 0.3 is 0 Å². The molecular weight excluding hydrogens is 452 g/mol. The van der Waals surface area contributed by atoms with Gasteiger partial charge in [0.25, 0.3) is 0 Å². The molecule has 0 aromatic heterocycles. The van der Waals surface area contributed by atoms with Gasteiger partial charge in [0.1, 0.15) is 0 Å². The van der Waals surface area contributed by atoms with Crippen molar-refractivity contribution in [1.82, 2.24) is 0 Å². The molecule has 0 radical (unpaired) electrons. The van der Waals surface area contributed by atoms with Crippen molar-refractivity contribution in [2.24, 2.45) is 5.92 Å². The van der Waals surface area contributed by atoms with Crippen LogP contribution in [0.2, 0.25) is 0 Å². The van der Waals surface area contributed by atoms with E-state index >= 15 is 8.78 Å². The smallest absolute Gasteiger partial charge is 0.201 e. The third kappa shape index (κ3) is 7.11. The van der Waals surface area contributed by atoms with Crippen molar-refractivity contribution in [2.75, 3.05) is 6.61 Å². The van der Waals surface area contributed by atoms with Gasteiger partial charge in [0.15, 0.2) is 23.2 Å². The SMILES string of the molecule is C/C=C/CCC1CCC(c2ccc(-c3ccc(OCCCCCCC)c(F)c3F)c(F)c2F)CC1. The molecule has 0 aliphatic heterocycles. The van der Waals surface area contributed by atoms with Crippen LogP contribution < -0.4 is 4.74 Å². The van der Waals surface area contributed by atoms with Crippen LogP contribution in [0.25, 0.3) is 11.1 Å². The summed E-state index contributed by atoms with van der Waals surface area (Å²) in [5.41, 5.74) is -0.232. The van der Waals surface area contributed by atoms with Crippen LogP contribution >= 0.6 is 0 Å². The van der Waals surface area contributed by atoms with Gasteiger partial charge in [0.2, 0.25) is 5.82 Å². The summed E-state index contributed by atoms with van der Waals surface area (Å²) >= 11 is 0. The lowest BCUT2D eigenvalue weighted by molar-refractivity contribution is 0.285. The number of ether oxygens (including phenoxy) is 1. The zero-order valence-corrected chi connectivity index (χ0v) is 21.0. The monoisotopic (exact) mass is 490 g/mol. The van der Waals surface area contributed by atoms with E-state index in [0.717, 1.165) is 70.6 Å². The molecule has 192 valence electrons. The van der Waals surface area contributed by atoms with Crippen molar-refractivity contribution in [1.29, 1.82) is 0 Å². The third-order valence-corrected chi connectivity index (χ3v) is 7.22. The summed E-state index contributed by atoms with van der Waals surface area (Å²) in [4.78, 5) is 0. The zero-order valence-electron chi connectivity index (χ0n) is 21.0. The van der Waals surface area contributed by atoms with Crippen LogP contribution in [0.1, 0.15) is 96.0 Å². The highest BCUT2D eigenvalue weighted by Gasteiger charge is 2.27. The maximum atomic E-state index is 15.1. The van der Waals surface area contributed by atoms with E-state index in [-0.39, 0.29) is 29.4 Å². The highest BCUT2D eigenvalue weighted by atomic mass is 19.2. The van der Waals surface area contributed by atoms with Crippen molar-refractivity contribution < 1.29 is 22.3 Å². The first-order valence-electron chi connectivity index (χ1n) is 13.2. The summed E-state index contributed by atoms with van der Waals surface area (Å²) in [7, 11) is 0. The molecule has 1 saturated carbocycles. The number of unbranched alkanes of at least 4 members (excludes halogenated alkanes) is 4. The van der Waals surface area contributed by atoms with Gasteiger partial charge in [-0.2, -0.15) is 4.39 Å². The van der Waals surface area contributed by atoms with E-state index in [4.69, 9.17) is 4.74 Å². The van der Waals surface area contributed by atoms with Crippen molar-refractivity contribution in [3.05, 3.63) is 65.2 Å². The molecule has 1 aliphatic rings. The number of benzene rings is 2. The number of halogens is 4. The molecule has 2 aromatic carbocycles. The van der Waals surface area contributed by atoms with Gasteiger partial charge in [-0.05, 0) is 81.4 Å². The number of allylic oxidation sites excluding steroid dienone is 2. The van der Waals surface area contributed by atoms with Crippen LogP contribution in [0.15, 0.2) is 36.4 Å². The lowest BCUT2D eigenvalue weighted by Gasteiger charge is -2.29. The lowest BCUT2D eigenvalue weighted by Crippen LogP contribution is -2.15. The fourth-order valence-corrected chi connectivity index (χ4v) is 5.09. The van der Waals surface area contributed by atoms with Crippen LogP contribution in [-0.4, -0.2) is 6.61 Å². The molecule has 3 rings (SSSR count). The summed E-state index contributed by atoms with van der Waals surface area (Å²) in [5.74, 6) is -4.11. The highest BCUT2D eigenvalue weighted by Crippen LogP contribution is 2.41. The maximum Gasteiger partial charge on any atom is 0.201 e. The molecule has 1 aliphatic carbocycles. The fourth-order valence-electron chi connectivity index (χ4n) is 5.09. The number of hydrogen-bond donors (Lipinski definition) is 0. The van der Waals surface area contributed by atoms with Gasteiger partial charge in [-0.25, -0.2) is 13.2 Å². The standard InChI is InChI=1S/C30H38F4O/c1-3-5-7-8-10-20-35-26-19-18-25(29(33)30(26)34)24-17-16-23(27(31)28(24)32)22-14-12-21(13-15-22)11-9-6-4-2/h4,6,16-19,21-22H,3,5,7-15,20H2,1-2H3/b6-4+. The fraction of sp³-hybridized carbons (Fsp3) is 0.533. The second-order valence-corrected chi connectivity index (χ2v) is 9.70. The summed E-state index contributed by atoms with van der Waals surface area (Å²) in [5, 5.41) is 0. The molecule has 5 heteroatoms. The molecule has 0 spiro atoms. The Kier molecular flexibility index (Phi) is 10.7. The Bertz CT molecular complexity index is 977. The summed E-state index contributed by atoms with van der Waals surface area (Å²) in [6.07, 6.45) is 15.0. The molecule has 35 heavy (non-hydrogen) atoms. The summed E-state index contributed by atoms with van der Waals surface area (Å²) < 4.78 is 64.9. The Morgan fingerprint density at radius 2 is 1.46 bits per heavy atom. The quantitative estimate of drug-likeness (QED) is 0.163. The van der Waals surface area contributed by atoms with Gasteiger partial charge in [0, 0.05) is 11.1 Å². The minimum Gasteiger partial charge on any atom is -0.490 e. The molecule has 0 N–H and O–H groups in total.